The second-order valence-corrected chi connectivity index (χ2v) is 8.03. The maximum Gasteiger partial charge on any atom is 0.285 e. The molecule has 0 aliphatic carbocycles. The van der Waals surface area contributed by atoms with Crippen LogP contribution in [0.3, 0.4) is 0 Å². The molecular weight excluding hydrogens is 391 g/mol. The van der Waals surface area contributed by atoms with Gasteiger partial charge in [-0.3, -0.25) is 0 Å². The molecule has 1 heterocycles. The zero-order chi connectivity index (χ0) is 19.6. The summed E-state index contributed by atoms with van der Waals surface area (Å²) in [6, 6.07) is 8.01. The maximum atomic E-state index is 13.1. The summed E-state index contributed by atoms with van der Waals surface area (Å²) < 4.78 is 55.6. The number of halogens is 1. The van der Waals surface area contributed by atoms with Crippen LogP contribution in [-0.4, -0.2) is 27.2 Å². The summed E-state index contributed by atoms with van der Waals surface area (Å²) in [5.74, 6) is 0.616. The SMILES string of the molecule is C=CCn1/c(=N/S(=O)(=O)c2ccc(F)cc2)sc2c(OC)ccc(OC)c21. The van der Waals surface area contributed by atoms with Gasteiger partial charge in [-0.25, -0.2) is 4.39 Å². The minimum Gasteiger partial charge on any atom is -0.495 e. The summed E-state index contributed by atoms with van der Waals surface area (Å²) in [5, 5.41) is 0. The van der Waals surface area contributed by atoms with Crippen molar-refractivity contribution in [3.8, 4) is 11.5 Å². The van der Waals surface area contributed by atoms with Crippen LogP contribution < -0.4 is 14.3 Å². The van der Waals surface area contributed by atoms with Gasteiger partial charge in [0.25, 0.3) is 10.0 Å². The summed E-state index contributed by atoms with van der Waals surface area (Å²) >= 11 is 1.16. The maximum absolute atomic E-state index is 13.1. The zero-order valence-electron chi connectivity index (χ0n) is 14.7. The minimum atomic E-state index is -4.03. The van der Waals surface area contributed by atoms with Gasteiger partial charge in [0.2, 0.25) is 4.80 Å². The Bertz CT molecular complexity index is 1160. The normalized spacial score (nSPS) is 12.3. The van der Waals surface area contributed by atoms with E-state index in [-0.39, 0.29) is 9.70 Å². The van der Waals surface area contributed by atoms with Gasteiger partial charge in [-0.2, -0.15) is 8.42 Å². The lowest BCUT2D eigenvalue weighted by Crippen LogP contribution is -2.16. The minimum absolute atomic E-state index is 0.0922. The fourth-order valence-electron chi connectivity index (χ4n) is 2.58. The number of allylic oxidation sites excluding steroid dienone is 1. The van der Waals surface area contributed by atoms with E-state index < -0.39 is 15.8 Å². The number of fused-ring (bicyclic) bond motifs is 1. The van der Waals surface area contributed by atoms with Gasteiger partial charge < -0.3 is 14.0 Å². The molecule has 0 fully saturated rings. The van der Waals surface area contributed by atoms with Crippen LogP contribution in [0.2, 0.25) is 0 Å². The van der Waals surface area contributed by atoms with Crippen molar-refractivity contribution < 1.29 is 22.3 Å². The highest BCUT2D eigenvalue weighted by Gasteiger charge is 2.18. The van der Waals surface area contributed by atoms with Crippen LogP contribution in [0.4, 0.5) is 4.39 Å². The van der Waals surface area contributed by atoms with E-state index in [4.69, 9.17) is 9.47 Å². The summed E-state index contributed by atoms with van der Waals surface area (Å²) in [5.41, 5.74) is 0.662. The predicted octanol–water partition coefficient (Wildman–Crippen LogP) is 3.33. The number of ether oxygens (including phenoxy) is 2. The molecule has 0 bridgehead atoms. The van der Waals surface area contributed by atoms with Crippen LogP contribution in [0.25, 0.3) is 10.2 Å². The van der Waals surface area contributed by atoms with Gasteiger partial charge in [0.1, 0.15) is 27.5 Å². The number of rotatable bonds is 6. The third-order valence-corrected chi connectivity index (χ3v) is 6.30. The molecule has 1 aromatic heterocycles. The molecule has 0 amide bonds. The van der Waals surface area contributed by atoms with Crippen molar-refractivity contribution in [1.82, 2.24) is 4.57 Å². The van der Waals surface area contributed by atoms with E-state index in [9.17, 15) is 12.8 Å². The molecule has 2 aromatic carbocycles. The number of hydrogen-bond acceptors (Lipinski definition) is 5. The standard InChI is InChI=1S/C18H17FN2O4S2/c1-4-11-21-16-14(24-2)9-10-15(25-3)17(16)26-18(21)20-27(22,23)13-7-5-12(19)6-8-13/h4-10H,1,11H2,2-3H3/b20-18-. The van der Waals surface area contributed by atoms with Crippen LogP contribution in [0.15, 0.2) is 58.3 Å². The van der Waals surface area contributed by atoms with Gasteiger partial charge >= 0.3 is 0 Å². The molecule has 3 rings (SSSR count). The van der Waals surface area contributed by atoms with Gasteiger partial charge in [-0.15, -0.1) is 11.0 Å². The highest BCUT2D eigenvalue weighted by molar-refractivity contribution is 7.90. The Morgan fingerprint density at radius 3 is 2.37 bits per heavy atom. The van der Waals surface area contributed by atoms with E-state index in [0.717, 1.165) is 23.5 Å². The Balaban J connectivity index is 2.33. The fourth-order valence-corrected chi connectivity index (χ4v) is 4.94. The number of benzene rings is 2. The van der Waals surface area contributed by atoms with Crippen molar-refractivity contribution in [2.24, 2.45) is 4.40 Å². The first-order valence-corrected chi connectivity index (χ1v) is 10.1. The molecule has 0 spiro atoms. The first-order chi connectivity index (χ1) is 12.9. The summed E-state index contributed by atoms with van der Waals surface area (Å²) in [7, 11) is -0.962. The molecule has 9 heteroatoms. The Hall–Kier alpha value is -2.65. The van der Waals surface area contributed by atoms with Gasteiger partial charge in [-0.1, -0.05) is 17.4 Å². The van der Waals surface area contributed by atoms with Crippen LogP contribution >= 0.6 is 11.3 Å². The molecule has 0 saturated heterocycles. The van der Waals surface area contributed by atoms with Gasteiger partial charge in [-0.05, 0) is 36.4 Å². The third kappa shape index (κ3) is 3.60. The molecule has 3 aromatic rings. The summed E-state index contributed by atoms with van der Waals surface area (Å²) in [6.45, 7) is 4.05. The lowest BCUT2D eigenvalue weighted by molar-refractivity contribution is 0.409. The summed E-state index contributed by atoms with van der Waals surface area (Å²) in [4.78, 5) is 0.141. The molecular formula is C18H17FN2O4S2. The molecule has 6 nitrogen and oxygen atoms in total. The number of aromatic nitrogens is 1. The molecule has 142 valence electrons. The molecule has 0 aliphatic heterocycles. The van der Waals surface area contributed by atoms with E-state index in [1.54, 1.807) is 22.8 Å². The van der Waals surface area contributed by atoms with E-state index in [1.165, 1.54) is 26.4 Å². The largest absolute Gasteiger partial charge is 0.495 e. The van der Waals surface area contributed by atoms with E-state index in [1.807, 2.05) is 0 Å². The molecule has 27 heavy (non-hydrogen) atoms. The topological polar surface area (TPSA) is 69.9 Å². The zero-order valence-corrected chi connectivity index (χ0v) is 16.3. The van der Waals surface area contributed by atoms with Crippen molar-refractivity contribution in [3.05, 3.63) is 59.7 Å². The number of hydrogen-bond donors (Lipinski definition) is 0. The van der Waals surface area contributed by atoms with Crippen LogP contribution in [-0.2, 0) is 16.6 Å². The Labute approximate surface area is 159 Å². The lowest BCUT2D eigenvalue weighted by atomic mass is 10.3. The number of sulfonamides is 1. The Kier molecular flexibility index (Phi) is 5.33. The van der Waals surface area contributed by atoms with Crippen molar-refractivity contribution in [2.75, 3.05) is 14.2 Å². The van der Waals surface area contributed by atoms with Crippen molar-refractivity contribution in [1.29, 1.82) is 0 Å². The van der Waals surface area contributed by atoms with E-state index in [2.05, 4.69) is 11.0 Å². The van der Waals surface area contributed by atoms with Crippen molar-refractivity contribution in [2.45, 2.75) is 11.4 Å². The second kappa shape index (κ2) is 7.53. The molecule has 0 N–H and O–H groups in total. The Morgan fingerprint density at radius 1 is 1.15 bits per heavy atom. The molecule has 0 unspecified atom stereocenters. The number of nitrogens with zero attached hydrogens (tertiary/aromatic N) is 2. The van der Waals surface area contributed by atoms with Gasteiger partial charge in [0.15, 0.2) is 0 Å². The third-order valence-electron chi connectivity index (χ3n) is 3.81. The van der Waals surface area contributed by atoms with Crippen LogP contribution in [0, 0.1) is 5.82 Å². The Morgan fingerprint density at radius 2 is 1.78 bits per heavy atom. The van der Waals surface area contributed by atoms with Crippen LogP contribution in [0.1, 0.15) is 0 Å². The van der Waals surface area contributed by atoms with E-state index >= 15 is 0 Å². The molecule has 0 atom stereocenters. The monoisotopic (exact) mass is 408 g/mol. The predicted molar refractivity (Wildman–Crippen MR) is 102 cm³/mol. The lowest BCUT2D eigenvalue weighted by Gasteiger charge is -2.08. The van der Waals surface area contributed by atoms with Gasteiger partial charge in [0.05, 0.1) is 19.1 Å². The first kappa shape index (κ1) is 19.1. The van der Waals surface area contributed by atoms with E-state index in [0.29, 0.717) is 28.3 Å². The quantitative estimate of drug-likeness (QED) is 0.587. The molecule has 0 radical (unpaired) electrons. The molecule has 0 saturated carbocycles. The number of thiazole rings is 1. The average Bonchev–Trinajstić information content (AvgIpc) is 2.99. The highest BCUT2D eigenvalue weighted by atomic mass is 32.2. The van der Waals surface area contributed by atoms with Crippen molar-refractivity contribution in [3.63, 3.8) is 0 Å². The summed E-state index contributed by atoms with van der Waals surface area (Å²) in [6.07, 6.45) is 1.63. The molecule has 0 aliphatic rings. The van der Waals surface area contributed by atoms with Crippen LogP contribution in [0.5, 0.6) is 11.5 Å². The van der Waals surface area contributed by atoms with Gasteiger partial charge in [0, 0.05) is 6.54 Å². The van der Waals surface area contributed by atoms with Crippen molar-refractivity contribution >= 4 is 31.6 Å². The fraction of sp³-hybridized carbons (Fsp3) is 0.167. The highest BCUT2D eigenvalue weighted by Crippen LogP contribution is 2.35. The average molecular weight is 408 g/mol. The second-order valence-electron chi connectivity index (χ2n) is 5.45. The first-order valence-electron chi connectivity index (χ1n) is 7.83. The number of methoxy groups -OCH3 is 2. The smallest absolute Gasteiger partial charge is 0.285 e.